The minimum absolute atomic E-state index is 0.0829. The maximum Gasteiger partial charge on any atom is 0.199 e. The molecule has 2 saturated heterocycles. The molecule has 1 unspecified atom stereocenters. The topological polar surface area (TPSA) is 30.9 Å². The van der Waals surface area contributed by atoms with Gasteiger partial charge in [-0.3, -0.25) is 0 Å². The summed E-state index contributed by atoms with van der Waals surface area (Å²) in [7, 11) is 0. The molecule has 0 aromatic heterocycles. The number of anilines is 1. The Hall–Kier alpha value is -2.20. The molecule has 1 atom stereocenters. The highest BCUT2D eigenvalue weighted by atomic mass is 16.7. The third kappa shape index (κ3) is 4.50. The molecular formula is C22H27NO3. The Morgan fingerprint density at radius 3 is 2.19 bits per heavy atom. The van der Waals surface area contributed by atoms with Gasteiger partial charge in [-0.1, -0.05) is 18.2 Å². The first-order valence-corrected chi connectivity index (χ1v) is 9.72. The van der Waals surface area contributed by atoms with Crippen molar-refractivity contribution in [2.45, 2.75) is 44.5 Å². The Kier molecular flexibility index (Phi) is 5.60. The van der Waals surface area contributed by atoms with E-state index in [0.29, 0.717) is 6.10 Å². The highest BCUT2D eigenvalue weighted by Gasteiger charge is 2.21. The second kappa shape index (κ2) is 8.45. The zero-order chi connectivity index (χ0) is 17.6. The molecule has 0 spiro atoms. The number of hydrogen-bond donors (Lipinski definition) is 0. The molecule has 0 radical (unpaired) electrons. The van der Waals surface area contributed by atoms with Crippen molar-refractivity contribution in [3.8, 4) is 11.5 Å². The maximum atomic E-state index is 6.08. The first-order valence-electron chi connectivity index (χ1n) is 9.72. The maximum absolute atomic E-state index is 6.08. The van der Waals surface area contributed by atoms with Crippen molar-refractivity contribution in [3.63, 3.8) is 0 Å². The van der Waals surface area contributed by atoms with Gasteiger partial charge in [-0.25, -0.2) is 0 Å². The molecule has 2 aromatic carbocycles. The molecule has 4 rings (SSSR count). The van der Waals surface area contributed by atoms with Crippen LogP contribution in [0.1, 0.15) is 32.1 Å². The molecular weight excluding hydrogens is 326 g/mol. The molecule has 4 heteroatoms. The average Bonchev–Trinajstić information content (AvgIpc) is 2.71. The van der Waals surface area contributed by atoms with Gasteiger partial charge in [-0.2, -0.15) is 0 Å². The SMILES string of the molecule is c1ccc(OC2CCN(c3ccc(OC4CCCCO4)cc3)CC2)cc1. The average molecular weight is 353 g/mol. The van der Waals surface area contributed by atoms with E-state index in [2.05, 4.69) is 29.2 Å². The van der Waals surface area contributed by atoms with Gasteiger partial charge < -0.3 is 19.1 Å². The van der Waals surface area contributed by atoms with E-state index in [9.17, 15) is 0 Å². The summed E-state index contributed by atoms with van der Waals surface area (Å²) >= 11 is 0. The molecule has 138 valence electrons. The van der Waals surface area contributed by atoms with Crippen LogP contribution in [0.4, 0.5) is 5.69 Å². The summed E-state index contributed by atoms with van der Waals surface area (Å²) in [6.07, 6.45) is 5.62. The van der Waals surface area contributed by atoms with E-state index in [1.165, 1.54) is 12.1 Å². The number of piperidine rings is 1. The minimum atomic E-state index is -0.0829. The fraction of sp³-hybridized carbons (Fsp3) is 0.455. The molecule has 0 bridgehead atoms. The van der Waals surface area contributed by atoms with Gasteiger partial charge in [0.15, 0.2) is 6.29 Å². The van der Waals surface area contributed by atoms with E-state index < -0.39 is 0 Å². The third-order valence-electron chi connectivity index (χ3n) is 5.10. The lowest BCUT2D eigenvalue weighted by Crippen LogP contribution is -2.38. The van der Waals surface area contributed by atoms with E-state index >= 15 is 0 Å². The van der Waals surface area contributed by atoms with Crippen molar-refractivity contribution in [3.05, 3.63) is 54.6 Å². The zero-order valence-corrected chi connectivity index (χ0v) is 15.2. The van der Waals surface area contributed by atoms with Gasteiger partial charge in [-0.05, 0) is 49.2 Å². The van der Waals surface area contributed by atoms with E-state index in [4.69, 9.17) is 14.2 Å². The second-order valence-corrected chi connectivity index (χ2v) is 7.03. The van der Waals surface area contributed by atoms with Crippen molar-refractivity contribution < 1.29 is 14.2 Å². The predicted molar refractivity (Wildman–Crippen MR) is 103 cm³/mol. The normalized spacial score (nSPS) is 21.4. The molecule has 2 heterocycles. The Bertz CT molecular complexity index is 660. The fourth-order valence-electron chi connectivity index (χ4n) is 3.61. The summed E-state index contributed by atoms with van der Waals surface area (Å²) < 4.78 is 17.6. The Balaban J connectivity index is 1.27. The Labute approximate surface area is 155 Å². The van der Waals surface area contributed by atoms with Gasteiger partial charge in [0.25, 0.3) is 0 Å². The lowest BCUT2D eigenvalue weighted by molar-refractivity contribution is -0.105. The summed E-state index contributed by atoms with van der Waals surface area (Å²) in [5.41, 5.74) is 1.25. The summed E-state index contributed by atoms with van der Waals surface area (Å²) in [6, 6.07) is 18.5. The van der Waals surface area contributed by atoms with Crippen LogP contribution in [0.5, 0.6) is 11.5 Å². The van der Waals surface area contributed by atoms with Crippen molar-refractivity contribution in [2.24, 2.45) is 0 Å². The predicted octanol–water partition coefficient (Wildman–Crippen LogP) is 4.64. The molecule has 0 saturated carbocycles. The van der Waals surface area contributed by atoms with Crippen LogP contribution < -0.4 is 14.4 Å². The van der Waals surface area contributed by atoms with Crippen LogP contribution in [0.15, 0.2) is 54.6 Å². The molecule has 2 aromatic rings. The van der Waals surface area contributed by atoms with Crippen LogP contribution in [0.25, 0.3) is 0 Å². The second-order valence-electron chi connectivity index (χ2n) is 7.03. The van der Waals surface area contributed by atoms with E-state index in [-0.39, 0.29) is 6.29 Å². The van der Waals surface area contributed by atoms with Gasteiger partial charge in [-0.15, -0.1) is 0 Å². The van der Waals surface area contributed by atoms with E-state index in [1.807, 2.05) is 30.3 Å². The number of ether oxygens (including phenoxy) is 3. The lowest BCUT2D eigenvalue weighted by atomic mass is 10.1. The van der Waals surface area contributed by atoms with Crippen LogP contribution >= 0.6 is 0 Å². The quantitative estimate of drug-likeness (QED) is 0.783. The summed E-state index contributed by atoms with van der Waals surface area (Å²) in [6.45, 7) is 2.84. The largest absolute Gasteiger partial charge is 0.490 e. The van der Waals surface area contributed by atoms with E-state index in [1.54, 1.807) is 0 Å². The first-order chi connectivity index (χ1) is 12.9. The van der Waals surface area contributed by atoms with Crippen molar-refractivity contribution in [2.75, 3.05) is 24.6 Å². The Morgan fingerprint density at radius 2 is 1.50 bits per heavy atom. The highest BCUT2D eigenvalue weighted by molar-refractivity contribution is 5.49. The summed E-state index contributed by atoms with van der Waals surface area (Å²) in [5, 5.41) is 0. The van der Waals surface area contributed by atoms with Crippen molar-refractivity contribution >= 4 is 5.69 Å². The molecule has 4 nitrogen and oxygen atoms in total. The molecule has 0 amide bonds. The number of benzene rings is 2. The van der Waals surface area contributed by atoms with Gasteiger partial charge in [0.05, 0.1) is 6.61 Å². The number of hydrogen-bond acceptors (Lipinski definition) is 4. The monoisotopic (exact) mass is 353 g/mol. The molecule has 2 aliphatic heterocycles. The van der Waals surface area contributed by atoms with Crippen LogP contribution in [0, 0.1) is 0 Å². The number of para-hydroxylation sites is 1. The molecule has 26 heavy (non-hydrogen) atoms. The summed E-state index contributed by atoms with van der Waals surface area (Å²) in [4.78, 5) is 2.42. The molecule has 2 fully saturated rings. The van der Waals surface area contributed by atoms with Crippen molar-refractivity contribution in [1.29, 1.82) is 0 Å². The lowest BCUT2D eigenvalue weighted by Gasteiger charge is -2.34. The highest BCUT2D eigenvalue weighted by Crippen LogP contribution is 2.26. The molecule has 0 N–H and O–H groups in total. The summed E-state index contributed by atoms with van der Waals surface area (Å²) in [5.74, 6) is 1.86. The number of rotatable bonds is 5. The van der Waals surface area contributed by atoms with Gasteiger partial charge in [0.1, 0.15) is 17.6 Å². The zero-order valence-electron chi connectivity index (χ0n) is 15.2. The fourth-order valence-corrected chi connectivity index (χ4v) is 3.61. The smallest absolute Gasteiger partial charge is 0.199 e. The first kappa shape index (κ1) is 17.2. The van der Waals surface area contributed by atoms with Crippen LogP contribution in [-0.4, -0.2) is 32.1 Å². The van der Waals surface area contributed by atoms with Crippen molar-refractivity contribution in [1.82, 2.24) is 0 Å². The standard InChI is InChI=1S/C22H27NO3/c1-2-6-19(7-3-1)25-21-13-15-23(16-14-21)18-9-11-20(12-10-18)26-22-8-4-5-17-24-22/h1-3,6-7,9-12,21-22H,4-5,8,13-17H2. The van der Waals surface area contributed by atoms with Crippen LogP contribution in [-0.2, 0) is 4.74 Å². The Morgan fingerprint density at radius 1 is 0.769 bits per heavy atom. The van der Waals surface area contributed by atoms with E-state index in [0.717, 1.165) is 56.9 Å². The van der Waals surface area contributed by atoms with Gasteiger partial charge in [0.2, 0.25) is 0 Å². The van der Waals surface area contributed by atoms with Gasteiger partial charge >= 0.3 is 0 Å². The van der Waals surface area contributed by atoms with Gasteiger partial charge in [0, 0.05) is 38.0 Å². The minimum Gasteiger partial charge on any atom is -0.490 e. The third-order valence-corrected chi connectivity index (χ3v) is 5.10. The molecule has 0 aliphatic carbocycles. The van der Waals surface area contributed by atoms with Crippen LogP contribution in [0.3, 0.4) is 0 Å². The molecule has 2 aliphatic rings. The van der Waals surface area contributed by atoms with Crippen LogP contribution in [0.2, 0.25) is 0 Å². The number of nitrogens with zero attached hydrogens (tertiary/aromatic N) is 1.